The van der Waals surface area contributed by atoms with Crippen molar-refractivity contribution < 1.29 is 0 Å². The molecule has 0 fully saturated rings. The molecule has 0 radical (unpaired) electrons. The normalized spacial score (nSPS) is 12.2. The fraction of sp³-hybridized carbons (Fsp3) is 0.0769. The number of fused-ring (bicyclic) bond motifs is 3. The summed E-state index contributed by atoms with van der Waals surface area (Å²) >= 11 is 18.1. The van der Waals surface area contributed by atoms with E-state index in [9.17, 15) is 0 Å². The number of pyridine rings is 2. The van der Waals surface area contributed by atoms with Crippen LogP contribution >= 0.6 is 34.8 Å². The van der Waals surface area contributed by atoms with Crippen molar-refractivity contribution in [2.24, 2.45) is 0 Å². The van der Waals surface area contributed by atoms with E-state index in [4.69, 9.17) is 34.8 Å². The van der Waals surface area contributed by atoms with E-state index in [0.717, 1.165) is 21.8 Å². The van der Waals surface area contributed by atoms with Gasteiger partial charge in [0.25, 0.3) is 0 Å². The molecule has 0 aliphatic heterocycles. The van der Waals surface area contributed by atoms with E-state index < -0.39 is 3.79 Å². The Labute approximate surface area is 119 Å². The summed E-state index contributed by atoms with van der Waals surface area (Å²) in [4.78, 5) is 8.69. The van der Waals surface area contributed by atoms with Gasteiger partial charge in [0.2, 0.25) is 3.79 Å². The number of rotatable bonds is 0. The Bertz CT molecular complexity index is 735. The van der Waals surface area contributed by atoms with Gasteiger partial charge in [-0.05, 0) is 18.2 Å². The molecular formula is C13H7Cl3N2. The first kappa shape index (κ1) is 12.0. The van der Waals surface area contributed by atoms with Crippen molar-refractivity contribution in [1.29, 1.82) is 0 Å². The molecule has 18 heavy (non-hydrogen) atoms. The summed E-state index contributed by atoms with van der Waals surface area (Å²) in [6.45, 7) is 0. The van der Waals surface area contributed by atoms with E-state index >= 15 is 0 Å². The Hall–Kier alpha value is -1.09. The molecule has 90 valence electrons. The summed E-state index contributed by atoms with van der Waals surface area (Å²) in [5, 5.41) is 1.72. The van der Waals surface area contributed by atoms with Crippen molar-refractivity contribution >= 4 is 56.6 Å². The zero-order valence-electron chi connectivity index (χ0n) is 9.07. The smallest absolute Gasteiger partial charge is 0.216 e. The van der Waals surface area contributed by atoms with E-state index in [-0.39, 0.29) is 0 Å². The third-order valence-corrected chi connectivity index (χ3v) is 3.38. The number of hydrogen-bond donors (Lipinski definition) is 0. The summed E-state index contributed by atoms with van der Waals surface area (Å²) in [5.74, 6) is 0. The number of halogens is 3. The van der Waals surface area contributed by atoms with Crippen LogP contribution in [0.25, 0.3) is 21.8 Å². The van der Waals surface area contributed by atoms with E-state index in [1.54, 1.807) is 12.4 Å². The fourth-order valence-corrected chi connectivity index (χ4v) is 2.48. The van der Waals surface area contributed by atoms with Gasteiger partial charge in [0.15, 0.2) is 0 Å². The first-order valence-corrected chi connectivity index (χ1v) is 6.40. The van der Waals surface area contributed by atoms with Crippen molar-refractivity contribution in [2.75, 3.05) is 0 Å². The van der Waals surface area contributed by atoms with Crippen LogP contribution in [0.4, 0.5) is 0 Å². The second-order valence-electron chi connectivity index (χ2n) is 3.90. The maximum atomic E-state index is 6.02. The minimum absolute atomic E-state index is 0.621. The van der Waals surface area contributed by atoms with Crippen molar-refractivity contribution in [2.45, 2.75) is 3.79 Å². The van der Waals surface area contributed by atoms with Gasteiger partial charge in [-0.1, -0.05) is 46.9 Å². The molecule has 0 bridgehead atoms. The lowest BCUT2D eigenvalue weighted by atomic mass is 10.1. The molecule has 2 aromatic heterocycles. The molecule has 0 aliphatic carbocycles. The molecular weight excluding hydrogens is 291 g/mol. The second-order valence-corrected chi connectivity index (χ2v) is 6.18. The zero-order chi connectivity index (χ0) is 12.8. The predicted octanol–water partition coefficient (Wildman–Crippen LogP) is 4.61. The van der Waals surface area contributed by atoms with Crippen LogP contribution in [-0.2, 0) is 3.79 Å². The number of benzene rings is 1. The van der Waals surface area contributed by atoms with Crippen molar-refractivity contribution in [1.82, 2.24) is 9.97 Å². The first-order valence-electron chi connectivity index (χ1n) is 5.27. The number of alkyl halides is 3. The third kappa shape index (κ3) is 1.91. The van der Waals surface area contributed by atoms with E-state index in [1.165, 1.54) is 0 Å². The van der Waals surface area contributed by atoms with Crippen LogP contribution in [0.5, 0.6) is 0 Å². The first-order chi connectivity index (χ1) is 8.57. The number of hydrogen-bond acceptors (Lipinski definition) is 2. The highest BCUT2D eigenvalue weighted by atomic mass is 35.6. The maximum absolute atomic E-state index is 6.02. The average molecular weight is 298 g/mol. The SMILES string of the molecule is ClC(Cl)(Cl)c1cc2cccnc2c2ncccc12. The highest BCUT2D eigenvalue weighted by molar-refractivity contribution is 6.67. The summed E-state index contributed by atoms with van der Waals surface area (Å²) in [6.07, 6.45) is 3.43. The Balaban J connectivity index is 2.55. The lowest BCUT2D eigenvalue weighted by Gasteiger charge is -2.15. The molecule has 3 rings (SSSR count). The third-order valence-electron chi connectivity index (χ3n) is 2.77. The van der Waals surface area contributed by atoms with Crippen LogP contribution < -0.4 is 0 Å². The van der Waals surface area contributed by atoms with Crippen LogP contribution in [0.1, 0.15) is 5.56 Å². The minimum atomic E-state index is -1.48. The molecule has 0 atom stereocenters. The Morgan fingerprint density at radius 2 is 1.56 bits per heavy atom. The van der Waals surface area contributed by atoms with Crippen LogP contribution in [-0.4, -0.2) is 9.97 Å². The van der Waals surface area contributed by atoms with Crippen LogP contribution in [0.3, 0.4) is 0 Å². The lowest BCUT2D eigenvalue weighted by Crippen LogP contribution is -2.02. The van der Waals surface area contributed by atoms with Crippen LogP contribution in [0.15, 0.2) is 42.7 Å². The molecule has 0 amide bonds. The van der Waals surface area contributed by atoms with E-state index in [1.807, 2.05) is 30.3 Å². The number of aromatic nitrogens is 2. The Morgan fingerprint density at radius 1 is 0.889 bits per heavy atom. The maximum Gasteiger partial charge on any atom is 0.216 e. The summed E-state index contributed by atoms with van der Waals surface area (Å²) in [5.41, 5.74) is 2.18. The molecule has 5 heteroatoms. The standard InChI is InChI=1S/C13H7Cl3N2/c14-13(15,16)10-7-8-3-1-5-17-11(8)12-9(10)4-2-6-18-12/h1-7H. The van der Waals surface area contributed by atoms with Crippen LogP contribution in [0.2, 0.25) is 0 Å². The Kier molecular flexibility index (Phi) is 2.81. The van der Waals surface area contributed by atoms with Gasteiger partial charge in [0.1, 0.15) is 0 Å². The average Bonchev–Trinajstić information content (AvgIpc) is 2.37. The molecule has 3 aromatic rings. The highest BCUT2D eigenvalue weighted by Gasteiger charge is 2.26. The summed E-state index contributed by atoms with van der Waals surface area (Å²) in [7, 11) is 0. The highest BCUT2D eigenvalue weighted by Crippen LogP contribution is 2.43. The molecule has 0 aliphatic rings. The molecule has 2 heterocycles. The van der Waals surface area contributed by atoms with Gasteiger partial charge >= 0.3 is 0 Å². The molecule has 0 spiro atoms. The Morgan fingerprint density at radius 3 is 2.28 bits per heavy atom. The zero-order valence-corrected chi connectivity index (χ0v) is 11.3. The van der Waals surface area contributed by atoms with Gasteiger partial charge in [-0.25, -0.2) is 0 Å². The summed E-state index contributed by atoms with van der Waals surface area (Å²) in [6, 6.07) is 9.32. The van der Waals surface area contributed by atoms with Crippen molar-refractivity contribution in [3.63, 3.8) is 0 Å². The molecule has 2 nitrogen and oxygen atoms in total. The van der Waals surface area contributed by atoms with Crippen LogP contribution in [0, 0.1) is 0 Å². The van der Waals surface area contributed by atoms with Gasteiger partial charge in [0, 0.05) is 28.7 Å². The topological polar surface area (TPSA) is 25.8 Å². The molecule has 1 aromatic carbocycles. The molecule has 0 unspecified atom stereocenters. The van der Waals surface area contributed by atoms with Gasteiger partial charge < -0.3 is 0 Å². The van der Waals surface area contributed by atoms with Gasteiger partial charge in [-0.2, -0.15) is 0 Å². The molecule has 0 saturated carbocycles. The minimum Gasteiger partial charge on any atom is -0.254 e. The fourth-order valence-electron chi connectivity index (χ4n) is 2.01. The molecule has 0 N–H and O–H groups in total. The van der Waals surface area contributed by atoms with Crippen molar-refractivity contribution in [3.05, 3.63) is 48.3 Å². The summed E-state index contributed by atoms with van der Waals surface area (Å²) < 4.78 is -1.48. The van der Waals surface area contributed by atoms with Crippen molar-refractivity contribution in [3.8, 4) is 0 Å². The monoisotopic (exact) mass is 296 g/mol. The number of nitrogens with zero attached hydrogens (tertiary/aromatic N) is 2. The quantitative estimate of drug-likeness (QED) is 0.447. The van der Waals surface area contributed by atoms with Gasteiger partial charge in [-0.15, -0.1) is 0 Å². The largest absolute Gasteiger partial charge is 0.254 e. The lowest BCUT2D eigenvalue weighted by molar-refractivity contribution is 1.26. The second kappa shape index (κ2) is 4.23. The molecule has 0 saturated heterocycles. The van der Waals surface area contributed by atoms with Gasteiger partial charge in [-0.3, -0.25) is 9.97 Å². The van der Waals surface area contributed by atoms with Gasteiger partial charge in [0.05, 0.1) is 11.0 Å². The van der Waals surface area contributed by atoms with E-state index in [0.29, 0.717) is 5.56 Å². The predicted molar refractivity (Wildman–Crippen MR) is 76.3 cm³/mol. The van der Waals surface area contributed by atoms with E-state index in [2.05, 4.69) is 9.97 Å².